The number of pyridine rings is 1. The number of carbonyl (C=O) groups is 1. The van der Waals surface area contributed by atoms with Gasteiger partial charge in [-0.3, -0.25) is 10.1 Å². The van der Waals surface area contributed by atoms with Gasteiger partial charge in [-0.2, -0.15) is 5.26 Å². The number of nitrogens with one attached hydrogen (secondary N) is 1. The summed E-state index contributed by atoms with van der Waals surface area (Å²) in [5, 5.41) is 12.9. The molecule has 4 rings (SSSR count). The molecule has 0 radical (unpaired) electrons. The maximum Gasteiger partial charge on any atom is 0.269 e. The number of fused-ring (bicyclic) bond motifs is 2. The molecule has 0 spiro atoms. The van der Waals surface area contributed by atoms with E-state index in [0.29, 0.717) is 20.2 Å². The fraction of sp³-hybridized carbons (Fsp3) is 0.0588. The number of para-hydroxylation sites is 1. The van der Waals surface area contributed by atoms with Crippen molar-refractivity contribution in [1.82, 2.24) is 9.97 Å². The van der Waals surface area contributed by atoms with Crippen molar-refractivity contribution < 1.29 is 4.79 Å². The average Bonchev–Trinajstić information content (AvgIpc) is 3.16. The summed E-state index contributed by atoms with van der Waals surface area (Å²) in [4.78, 5) is 22.1. The van der Waals surface area contributed by atoms with Crippen LogP contribution < -0.4 is 16.8 Å². The largest absolute Gasteiger partial charge is 0.397 e. The van der Waals surface area contributed by atoms with E-state index in [2.05, 4.69) is 15.3 Å². The van der Waals surface area contributed by atoms with E-state index in [4.69, 9.17) is 16.7 Å². The zero-order chi connectivity index (χ0) is 18.4. The minimum Gasteiger partial charge on any atom is -0.397 e. The Labute approximate surface area is 155 Å². The lowest BCUT2D eigenvalue weighted by molar-refractivity contribution is 0.103. The highest BCUT2D eigenvalue weighted by atomic mass is 32.1. The standard InChI is InChI=1S/C17H12N6OS2/c1-7-3-2-4-10-12(7)21-17(25-10)23-15(24)13-11(19)9-5-8(6-18)14(20)22-16(9)26-13/h2-5H,19H2,1H3,(H2,20,22)(H,21,23,24). The fourth-order valence-electron chi connectivity index (χ4n) is 2.61. The van der Waals surface area contributed by atoms with Gasteiger partial charge in [0, 0.05) is 5.39 Å². The molecule has 5 N–H and O–H groups in total. The first-order valence-corrected chi connectivity index (χ1v) is 9.17. The average molecular weight is 380 g/mol. The second-order valence-corrected chi connectivity index (χ2v) is 7.66. The van der Waals surface area contributed by atoms with E-state index in [0.717, 1.165) is 27.1 Å². The van der Waals surface area contributed by atoms with Crippen molar-refractivity contribution in [2.24, 2.45) is 0 Å². The van der Waals surface area contributed by atoms with Gasteiger partial charge in [-0.15, -0.1) is 11.3 Å². The highest BCUT2D eigenvalue weighted by Gasteiger charge is 2.20. The molecule has 0 bridgehead atoms. The van der Waals surface area contributed by atoms with Crippen LogP contribution in [0.3, 0.4) is 0 Å². The molecule has 0 aliphatic rings. The Balaban J connectivity index is 1.72. The predicted molar refractivity (Wildman–Crippen MR) is 105 cm³/mol. The van der Waals surface area contributed by atoms with Crippen LogP contribution in [0.15, 0.2) is 24.3 Å². The first kappa shape index (κ1) is 16.3. The summed E-state index contributed by atoms with van der Waals surface area (Å²) >= 11 is 2.53. The quantitative estimate of drug-likeness (QED) is 0.488. The van der Waals surface area contributed by atoms with E-state index in [1.54, 1.807) is 6.07 Å². The summed E-state index contributed by atoms with van der Waals surface area (Å²) < 4.78 is 0.998. The van der Waals surface area contributed by atoms with Gasteiger partial charge < -0.3 is 11.5 Å². The van der Waals surface area contributed by atoms with Crippen molar-refractivity contribution in [3.05, 3.63) is 40.3 Å². The summed E-state index contributed by atoms with van der Waals surface area (Å²) in [6.07, 6.45) is 0. The van der Waals surface area contributed by atoms with Gasteiger partial charge in [-0.1, -0.05) is 23.5 Å². The third-order valence-electron chi connectivity index (χ3n) is 3.92. The molecule has 4 aromatic rings. The highest BCUT2D eigenvalue weighted by Crippen LogP contribution is 2.35. The number of carbonyl (C=O) groups excluding carboxylic acids is 1. The van der Waals surface area contributed by atoms with Crippen molar-refractivity contribution in [3.63, 3.8) is 0 Å². The number of nitrogens with zero attached hydrogens (tertiary/aromatic N) is 3. The monoisotopic (exact) mass is 380 g/mol. The van der Waals surface area contributed by atoms with E-state index in [1.807, 2.05) is 31.2 Å². The third kappa shape index (κ3) is 2.52. The Morgan fingerprint density at radius 3 is 2.81 bits per heavy atom. The zero-order valence-electron chi connectivity index (χ0n) is 13.5. The number of hydrogen-bond acceptors (Lipinski definition) is 8. The number of anilines is 3. The van der Waals surface area contributed by atoms with Crippen LogP contribution in [-0.2, 0) is 0 Å². The lowest BCUT2D eigenvalue weighted by Gasteiger charge is -2.00. The van der Waals surface area contributed by atoms with Crippen molar-refractivity contribution in [1.29, 1.82) is 5.26 Å². The van der Waals surface area contributed by atoms with Crippen LogP contribution in [0.5, 0.6) is 0 Å². The molecule has 0 aliphatic heterocycles. The van der Waals surface area contributed by atoms with Gasteiger partial charge in [0.05, 0.1) is 21.5 Å². The number of nitriles is 1. The second-order valence-electron chi connectivity index (χ2n) is 5.63. The third-order valence-corrected chi connectivity index (χ3v) is 5.97. The van der Waals surface area contributed by atoms with Crippen LogP contribution in [0.25, 0.3) is 20.4 Å². The Morgan fingerprint density at radius 1 is 1.27 bits per heavy atom. The van der Waals surface area contributed by atoms with E-state index >= 15 is 0 Å². The highest BCUT2D eigenvalue weighted by molar-refractivity contribution is 7.23. The molecule has 3 heterocycles. The van der Waals surface area contributed by atoms with Crippen LogP contribution >= 0.6 is 22.7 Å². The Kier molecular flexibility index (Phi) is 3.72. The SMILES string of the molecule is Cc1cccc2sc(NC(=O)c3sc4nc(N)c(C#N)cc4c3N)nc12. The molecule has 1 aromatic carbocycles. The number of rotatable bonds is 2. The number of benzene rings is 1. The molecule has 0 saturated carbocycles. The van der Waals surface area contributed by atoms with Gasteiger partial charge in [-0.05, 0) is 24.6 Å². The molecule has 7 nitrogen and oxygen atoms in total. The molecule has 3 aromatic heterocycles. The summed E-state index contributed by atoms with van der Waals surface area (Å²) in [5.74, 6) is -0.242. The van der Waals surface area contributed by atoms with Crippen molar-refractivity contribution in [2.45, 2.75) is 6.92 Å². The van der Waals surface area contributed by atoms with Crippen molar-refractivity contribution >= 4 is 65.7 Å². The molecular formula is C17H12N6OS2. The minimum atomic E-state index is -0.362. The number of nitrogen functional groups attached to an aromatic ring is 2. The number of aryl methyl sites for hydroxylation is 1. The van der Waals surface area contributed by atoms with E-state index in [1.165, 1.54) is 11.3 Å². The molecule has 0 saturated heterocycles. The molecule has 128 valence electrons. The normalized spacial score (nSPS) is 10.9. The van der Waals surface area contributed by atoms with Crippen LogP contribution in [0.1, 0.15) is 20.8 Å². The van der Waals surface area contributed by atoms with Gasteiger partial charge in [0.2, 0.25) is 0 Å². The number of amides is 1. The fourth-order valence-corrected chi connectivity index (χ4v) is 4.53. The molecule has 0 fully saturated rings. The first-order valence-electron chi connectivity index (χ1n) is 7.54. The smallest absolute Gasteiger partial charge is 0.269 e. The minimum absolute atomic E-state index is 0.120. The van der Waals surface area contributed by atoms with Crippen molar-refractivity contribution in [2.75, 3.05) is 16.8 Å². The lowest BCUT2D eigenvalue weighted by atomic mass is 10.2. The van der Waals surface area contributed by atoms with Crippen molar-refractivity contribution in [3.8, 4) is 6.07 Å². The van der Waals surface area contributed by atoms with Crippen LogP contribution in [0.2, 0.25) is 0 Å². The Morgan fingerprint density at radius 2 is 2.08 bits per heavy atom. The second kappa shape index (κ2) is 5.94. The molecule has 9 heteroatoms. The van der Waals surface area contributed by atoms with Gasteiger partial charge in [0.1, 0.15) is 21.6 Å². The van der Waals surface area contributed by atoms with Gasteiger partial charge in [0.15, 0.2) is 5.13 Å². The number of nitrogens with two attached hydrogens (primary N) is 2. The first-order chi connectivity index (χ1) is 12.5. The van der Waals surface area contributed by atoms with Gasteiger partial charge in [0.25, 0.3) is 5.91 Å². The molecule has 26 heavy (non-hydrogen) atoms. The predicted octanol–water partition coefficient (Wildman–Crippen LogP) is 3.50. The number of thiazole rings is 1. The maximum absolute atomic E-state index is 12.7. The number of thiophene rings is 1. The summed E-state index contributed by atoms with van der Waals surface area (Å²) in [6, 6.07) is 9.41. The molecule has 0 aliphatic carbocycles. The van der Waals surface area contributed by atoms with Crippen LogP contribution in [0.4, 0.5) is 16.6 Å². The Hall–Kier alpha value is -3.22. The molecule has 0 atom stereocenters. The number of aromatic nitrogens is 2. The summed E-state index contributed by atoms with van der Waals surface area (Å²) in [7, 11) is 0. The molecular weight excluding hydrogens is 368 g/mol. The Bertz CT molecular complexity index is 1230. The van der Waals surface area contributed by atoms with E-state index in [-0.39, 0.29) is 23.0 Å². The molecule has 1 amide bonds. The zero-order valence-corrected chi connectivity index (χ0v) is 15.2. The summed E-state index contributed by atoms with van der Waals surface area (Å²) in [6.45, 7) is 1.97. The van der Waals surface area contributed by atoms with Crippen LogP contribution in [-0.4, -0.2) is 15.9 Å². The molecule has 0 unspecified atom stereocenters. The lowest BCUT2D eigenvalue weighted by Crippen LogP contribution is -2.11. The maximum atomic E-state index is 12.7. The number of hydrogen-bond donors (Lipinski definition) is 3. The van der Waals surface area contributed by atoms with E-state index in [9.17, 15) is 4.79 Å². The van der Waals surface area contributed by atoms with Gasteiger partial charge in [-0.25, -0.2) is 9.97 Å². The van der Waals surface area contributed by atoms with Gasteiger partial charge >= 0.3 is 0 Å². The topological polar surface area (TPSA) is 131 Å². The van der Waals surface area contributed by atoms with Crippen LogP contribution in [0, 0.1) is 18.3 Å². The summed E-state index contributed by atoms with van der Waals surface area (Å²) in [5.41, 5.74) is 14.3. The van der Waals surface area contributed by atoms with E-state index < -0.39 is 0 Å².